The maximum absolute atomic E-state index is 11.9. The van der Waals surface area contributed by atoms with Gasteiger partial charge >= 0.3 is 0 Å². The zero-order chi connectivity index (χ0) is 17.2. The summed E-state index contributed by atoms with van der Waals surface area (Å²) in [6.07, 6.45) is 4.29. The Morgan fingerprint density at radius 3 is 2.52 bits per heavy atom. The van der Waals surface area contributed by atoms with E-state index in [1.807, 2.05) is 0 Å². The van der Waals surface area contributed by atoms with Gasteiger partial charge in [-0.3, -0.25) is 10.1 Å². The normalized spacial score (nSPS) is 19.7. The lowest BCUT2D eigenvalue weighted by molar-refractivity contribution is -0.387. The highest BCUT2D eigenvalue weighted by molar-refractivity contribution is 7.90. The molecule has 0 amide bonds. The molecular formula is C16H24N2O4S. The van der Waals surface area contributed by atoms with Gasteiger partial charge in [0, 0.05) is 31.1 Å². The summed E-state index contributed by atoms with van der Waals surface area (Å²) in [7, 11) is -3.64. The third-order valence-electron chi connectivity index (χ3n) is 4.62. The molecular weight excluding hydrogens is 316 g/mol. The predicted octanol–water partition coefficient (Wildman–Crippen LogP) is 3.26. The average Bonchev–Trinajstić information content (AvgIpc) is 2.71. The minimum atomic E-state index is -3.64. The second kappa shape index (κ2) is 6.86. The molecule has 1 aliphatic heterocycles. The van der Waals surface area contributed by atoms with Crippen LogP contribution in [0.4, 0.5) is 11.4 Å². The van der Waals surface area contributed by atoms with Crippen molar-refractivity contribution >= 4 is 21.2 Å². The van der Waals surface area contributed by atoms with Gasteiger partial charge in [-0.2, -0.15) is 0 Å². The topological polar surface area (TPSA) is 80.5 Å². The highest BCUT2D eigenvalue weighted by Crippen LogP contribution is 2.31. The van der Waals surface area contributed by atoms with Gasteiger partial charge in [0.15, 0.2) is 9.84 Å². The fourth-order valence-electron chi connectivity index (χ4n) is 3.19. The molecule has 128 valence electrons. The molecule has 0 aromatic heterocycles. The monoisotopic (exact) mass is 340 g/mol. The van der Waals surface area contributed by atoms with Gasteiger partial charge in [0.1, 0.15) is 4.90 Å². The largest absolute Gasteiger partial charge is 0.371 e. The number of nitrogens with zero attached hydrogens (tertiary/aromatic N) is 2. The van der Waals surface area contributed by atoms with Crippen molar-refractivity contribution in [2.24, 2.45) is 11.8 Å². The van der Waals surface area contributed by atoms with Crippen molar-refractivity contribution in [1.29, 1.82) is 0 Å². The number of hydrogen-bond donors (Lipinski definition) is 0. The van der Waals surface area contributed by atoms with E-state index >= 15 is 0 Å². The molecule has 0 aliphatic carbocycles. The van der Waals surface area contributed by atoms with Crippen LogP contribution in [0.5, 0.6) is 0 Å². The maximum Gasteiger partial charge on any atom is 0.288 e. The molecule has 23 heavy (non-hydrogen) atoms. The van der Waals surface area contributed by atoms with Crippen LogP contribution in [0, 0.1) is 22.0 Å². The van der Waals surface area contributed by atoms with E-state index < -0.39 is 14.8 Å². The lowest BCUT2D eigenvalue weighted by atomic mass is 9.89. The highest BCUT2D eigenvalue weighted by Gasteiger charge is 2.25. The van der Waals surface area contributed by atoms with E-state index in [4.69, 9.17) is 0 Å². The van der Waals surface area contributed by atoms with Crippen molar-refractivity contribution in [3.63, 3.8) is 0 Å². The molecule has 1 heterocycles. The first-order valence-electron chi connectivity index (χ1n) is 7.93. The molecule has 0 saturated carbocycles. The Bertz CT molecular complexity index is 685. The summed E-state index contributed by atoms with van der Waals surface area (Å²) in [6.45, 7) is 6.16. The summed E-state index contributed by atoms with van der Waals surface area (Å²) in [5.74, 6) is 1.31. The first-order valence-corrected chi connectivity index (χ1v) is 9.82. The van der Waals surface area contributed by atoms with Gasteiger partial charge in [0.25, 0.3) is 5.69 Å². The van der Waals surface area contributed by atoms with Crippen molar-refractivity contribution in [2.75, 3.05) is 24.2 Å². The number of nitro groups is 1. The summed E-state index contributed by atoms with van der Waals surface area (Å²) < 4.78 is 23.8. The molecule has 2 rings (SSSR count). The van der Waals surface area contributed by atoms with E-state index in [-0.39, 0.29) is 10.6 Å². The van der Waals surface area contributed by atoms with E-state index in [2.05, 4.69) is 18.7 Å². The third kappa shape index (κ3) is 4.22. The number of rotatable bonds is 4. The standard InChI is InChI=1S/C16H24N2O4S/c1-12(2)13-5-4-9-17(10-8-13)14-6-7-15(18(19)20)16(11-14)23(3,21)22/h6-7,11-13H,4-5,8-10H2,1-3H3. The molecule has 1 fully saturated rings. The Morgan fingerprint density at radius 1 is 1.26 bits per heavy atom. The highest BCUT2D eigenvalue weighted by atomic mass is 32.2. The van der Waals surface area contributed by atoms with Crippen LogP contribution >= 0.6 is 0 Å². The predicted molar refractivity (Wildman–Crippen MR) is 90.6 cm³/mol. The van der Waals surface area contributed by atoms with Crippen molar-refractivity contribution in [3.05, 3.63) is 28.3 Å². The lowest BCUT2D eigenvalue weighted by Gasteiger charge is -2.24. The van der Waals surface area contributed by atoms with E-state index in [1.54, 1.807) is 6.07 Å². The van der Waals surface area contributed by atoms with Crippen LogP contribution in [0.15, 0.2) is 23.1 Å². The summed E-state index contributed by atoms with van der Waals surface area (Å²) in [6, 6.07) is 4.40. The van der Waals surface area contributed by atoms with Crippen molar-refractivity contribution in [3.8, 4) is 0 Å². The van der Waals surface area contributed by atoms with Gasteiger partial charge in [-0.05, 0) is 43.2 Å². The van der Waals surface area contributed by atoms with Crippen LogP contribution in [-0.2, 0) is 9.84 Å². The molecule has 1 aliphatic rings. The Hall–Kier alpha value is -1.63. The summed E-state index contributed by atoms with van der Waals surface area (Å²) >= 11 is 0. The van der Waals surface area contributed by atoms with Gasteiger partial charge in [-0.1, -0.05) is 13.8 Å². The van der Waals surface area contributed by atoms with Crippen LogP contribution in [0.2, 0.25) is 0 Å². The van der Waals surface area contributed by atoms with E-state index in [9.17, 15) is 18.5 Å². The maximum atomic E-state index is 11.9. The molecule has 0 radical (unpaired) electrons. The van der Waals surface area contributed by atoms with Gasteiger partial charge in [0.2, 0.25) is 0 Å². The zero-order valence-corrected chi connectivity index (χ0v) is 14.7. The minimum Gasteiger partial charge on any atom is -0.371 e. The molecule has 1 aromatic rings. The second-order valence-corrected chi connectivity index (χ2v) is 8.59. The molecule has 7 heteroatoms. The molecule has 1 saturated heterocycles. The Kier molecular flexibility index (Phi) is 5.29. The SMILES string of the molecule is CC(C)C1CCCN(c2ccc([N+](=O)[O-])c(S(C)(=O)=O)c2)CC1. The first-order chi connectivity index (χ1) is 10.7. The van der Waals surface area contributed by atoms with Gasteiger partial charge < -0.3 is 4.90 Å². The molecule has 1 atom stereocenters. The smallest absolute Gasteiger partial charge is 0.288 e. The molecule has 6 nitrogen and oxygen atoms in total. The van der Waals surface area contributed by atoms with Crippen LogP contribution in [0.1, 0.15) is 33.1 Å². The molecule has 1 unspecified atom stereocenters. The Balaban J connectivity index is 2.32. The fraction of sp³-hybridized carbons (Fsp3) is 0.625. The zero-order valence-electron chi connectivity index (χ0n) is 13.9. The van der Waals surface area contributed by atoms with Gasteiger partial charge in [-0.15, -0.1) is 0 Å². The summed E-state index contributed by atoms with van der Waals surface area (Å²) in [4.78, 5) is 12.4. The van der Waals surface area contributed by atoms with Gasteiger partial charge in [-0.25, -0.2) is 8.42 Å². The molecule has 1 aromatic carbocycles. The lowest BCUT2D eigenvalue weighted by Crippen LogP contribution is -2.24. The van der Waals surface area contributed by atoms with Crippen LogP contribution < -0.4 is 4.90 Å². The quantitative estimate of drug-likeness (QED) is 0.621. The van der Waals surface area contributed by atoms with Crippen LogP contribution in [-0.4, -0.2) is 32.7 Å². The van der Waals surface area contributed by atoms with Crippen LogP contribution in [0.3, 0.4) is 0 Å². The van der Waals surface area contributed by atoms with E-state index in [0.717, 1.165) is 37.9 Å². The first kappa shape index (κ1) is 17.7. The fourth-order valence-corrected chi connectivity index (χ4v) is 4.05. The summed E-state index contributed by atoms with van der Waals surface area (Å²) in [5, 5.41) is 11.1. The molecule has 0 spiro atoms. The number of nitro benzene ring substituents is 1. The van der Waals surface area contributed by atoms with Crippen LogP contribution in [0.25, 0.3) is 0 Å². The number of anilines is 1. The number of hydrogen-bond acceptors (Lipinski definition) is 5. The van der Waals surface area contributed by atoms with Crippen molar-refractivity contribution in [1.82, 2.24) is 0 Å². The Labute approximate surface area is 137 Å². The van der Waals surface area contributed by atoms with E-state index in [1.165, 1.54) is 18.6 Å². The third-order valence-corrected chi connectivity index (χ3v) is 5.75. The van der Waals surface area contributed by atoms with Crippen molar-refractivity contribution < 1.29 is 13.3 Å². The Morgan fingerprint density at radius 2 is 1.96 bits per heavy atom. The second-order valence-electron chi connectivity index (χ2n) is 6.60. The van der Waals surface area contributed by atoms with Gasteiger partial charge in [0.05, 0.1) is 4.92 Å². The van der Waals surface area contributed by atoms with Crippen molar-refractivity contribution in [2.45, 2.75) is 38.0 Å². The number of sulfone groups is 1. The minimum absolute atomic E-state index is 0.204. The molecule has 0 bridgehead atoms. The average molecular weight is 340 g/mol. The number of benzene rings is 1. The molecule has 0 N–H and O–H groups in total. The summed E-state index contributed by atoms with van der Waals surface area (Å²) in [5.41, 5.74) is 0.395. The van der Waals surface area contributed by atoms with E-state index in [0.29, 0.717) is 11.8 Å².